The van der Waals surface area contributed by atoms with Crippen LogP contribution in [0.3, 0.4) is 0 Å². The van der Waals surface area contributed by atoms with E-state index in [-0.39, 0.29) is 5.91 Å². The molecule has 1 heterocycles. The zero-order valence-corrected chi connectivity index (χ0v) is 16.9. The van der Waals surface area contributed by atoms with E-state index in [2.05, 4.69) is 69.0 Å². The highest BCUT2D eigenvalue weighted by molar-refractivity contribution is 9.13. The average Bonchev–Trinajstić information content (AvgIpc) is 2.64. The third kappa shape index (κ3) is 3.83. The molecule has 1 aromatic heterocycles. The van der Waals surface area contributed by atoms with Crippen molar-refractivity contribution >= 4 is 98.3 Å². The summed E-state index contributed by atoms with van der Waals surface area (Å²) in [7, 11) is 0. The number of benzene rings is 1. The average molecular weight is 553 g/mol. The van der Waals surface area contributed by atoms with Crippen molar-refractivity contribution in [3.8, 4) is 0 Å². The Morgan fingerprint density at radius 1 is 1.05 bits per heavy atom. The number of carbonyl (C=O) groups is 1. The maximum absolute atomic E-state index is 12.2. The van der Waals surface area contributed by atoms with Crippen LogP contribution in [0.5, 0.6) is 0 Å². The molecule has 1 aromatic carbocycles. The van der Waals surface area contributed by atoms with E-state index in [1.807, 2.05) is 0 Å². The minimum atomic E-state index is -0.180. The van der Waals surface area contributed by atoms with Gasteiger partial charge in [-0.05, 0) is 81.9 Å². The van der Waals surface area contributed by atoms with Gasteiger partial charge >= 0.3 is 0 Å². The lowest BCUT2D eigenvalue weighted by atomic mass is 10.3. The van der Waals surface area contributed by atoms with Crippen LogP contribution in [0.25, 0.3) is 0 Å². The summed E-state index contributed by atoms with van der Waals surface area (Å²) >= 11 is 20.7. The van der Waals surface area contributed by atoms with Crippen molar-refractivity contribution in [2.75, 3.05) is 5.32 Å². The molecule has 0 bridgehead atoms. The van der Waals surface area contributed by atoms with Crippen LogP contribution < -0.4 is 5.32 Å². The van der Waals surface area contributed by atoms with Crippen molar-refractivity contribution in [2.24, 2.45) is 0 Å². The number of carbonyl (C=O) groups excluding carboxylic acids is 1. The molecule has 0 unspecified atom stereocenters. The molecule has 0 atom stereocenters. The second kappa shape index (κ2) is 6.58. The highest BCUT2D eigenvalue weighted by Gasteiger charge is 2.15. The normalized spacial score (nSPS) is 10.6. The van der Waals surface area contributed by atoms with Crippen LogP contribution in [0.2, 0.25) is 5.02 Å². The van der Waals surface area contributed by atoms with E-state index in [4.69, 9.17) is 11.6 Å². The molecule has 19 heavy (non-hydrogen) atoms. The van der Waals surface area contributed by atoms with Gasteiger partial charge in [0.15, 0.2) is 0 Å². The maximum Gasteiger partial charge on any atom is 0.265 e. The Hall–Kier alpha value is 0.600. The minimum absolute atomic E-state index is 0.180. The fourth-order valence-corrected chi connectivity index (χ4v) is 5.09. The van der Waals surface area contributed by atoms with Crippen molar-refractivity contribution in [2.45, 2.75) is 0 Å². The fraction of sp³-hybridized carbons (Fsp3) is 0. The Kier molecular flexibility index (Phi) is 5.53. The van der Waals surface area contributed by atoms with E-state index in [0.717, 1.165) is 17.2 Å². The second-order valence-corrected chi connectivity index (χ2v) is 8.80. The summed E-state index contributed by atoms with van der Waals surface area (Å²) < 4.78 is 3.17. The lowest BCUT2D eigenvalue weighted by Crippen LogP contribution is -2.11. The quantitative estimate of drug-likeness (QED) is 0.441. The van der Waals surface area contributed by atoms with Gasteiger partial charge in [0, 0.05) is 18.4 Å². The first-order chi connectivity index (χ1) is 8.88. The number of thiophene rings is 1. The Bertz CT molecular complexity index is 616. The van der Waals surface area contributed by atoms with Gasteiger partial charge in [-0.1, -0.05) is 11.6 Å². The van der Waals surface area contributed by atoms with Gasteiger partial charge in [-0.3, -0.25) is 4.79 Å². The van der Waals surface area contributed by atoms with Gasteiger partial charge < -0.3 is 5.32 Å². The second-order valence-electron chi connectivity index (χ2n) is 3.43. The van der Waals surface area contributed by atoms with Crippen LogP contribution >= 0.6 is 86.7 Å². The molecule has 1 N–H and O–H groups in total. The molecule has 0 spiro atoms. The molecule has 0 fully saturated rings. The summed E-state index contributed by atoms with van der Waals surface area (Å²) in [6.07, 6.45) is 0. The zero-order valence-electron chi connectivity index (χ0n) is 8.94. The summed E-state index contributed by atoms with van der Waals surface area (Å²) in [4.78, 5) is 12.8. The van der Waals surface area contributed by atoms with Crippen LogP contribution in [0.1, 0.15) is 9.67 Å². The number of rotatable bonds is 2. The van der Waals surface area contributed by atoms with Crippen molar-refractivity contribution in [3.63, 3.8) is 0 Å². The van der Waals surface area contributed by atoms with Crippen LogP contribution in [0.15, 0.2) is 35.4 Å². The van der Waals surface area contributed by atoms with Crippen LogP contribution in [0.4, 0.5) is 5.69 Å². The van der Waals surface area contributed by atoms with Gasteiger partial charge in [0.1, 0.15) is 0 Å². The van der Waals surface area contributed by atoms with E-state index in [9.17, 15) is 4.79 Å². The molecule has 1 amide bonds. The fourth-order valence-electron chi connectivity index (χ4n) is 1.30. The summed E-state index contributed by atoms with van der Waals surface area (Å²) in [5, 5.41) is 3.42. The Morgan fingerprint density at radius 2 is 1.63 bits per heavy atom. The van der Waals surface area contributed by atoms with Crippen molar-refractivity contribution in [1.29, 1.82) is 0 Å². The van der Waals surface area contributed by atoms with Crippen molar-refractivity contribution in [1.82, 2.24) is 0 Å². The number of hydrogen-bond donors (Lipinski definition) is 1. The Labute approximate surface area is 152 Å². The van der Waals surface area contributed by atoms with E-state index >= 15 is 0 Å². The van der Waals surface area contributed by atoms with Gasteiger partial charge in [0.2, 0.25) is 0 Å². The van der Waals surface area contributed by atoms with Gasteiger partial charge in [0.25, 0.3) is 5.91 Å². The number of amides is 1. The molecule has 0 saturated heterocycles. The van der Waals surface area contributed by atoms with E-state index < -0.39 is 0 Å². The van der Waals surface area contributed by atoms with Gasteiger partial charge in [0.05, 0.1) is 14.4 Å². The largest absolute Gasteiger partial charge is 0.319 e. The number of anilines is 1. The SMILES string of the molecule is O=C(Nc1c(Br)cc(Cl)cc1Br)c1cc(Br)c(Br)s1. The predicted molar refractivity (Wildman–Crippen MR) is 94.5 cm³/mol. The van der Waals surface area contributed by atoms with Crippen LogP contribution in [-0.4, -0.2) is 5.91 Å². The molecule has 2 aromatic rings. The third-order valence-corrected chi connectivity index (χ3v) is 6.84. The Morgan fingerprint density at radius 3 is 2.11 bits per heavy atom. The number of nitrogens with one attached hydrogen (secondary N) is 1. The molecular formula is C11H4Br4ClNOS. The molecule has 8 heteroatoms. The molecule has 0 aliphatic carbocycles. The third-order valence-electron chi connectivity index (χ3n) is 2.11. The molecular weight excluding hydrogens is 549 g/mol. The standard InChI is InChI=1S/C11H4Br4ClNOS/c12-5-1-4(16)2-6(13)9(5)17-11(18)8-3-7(14)10(15)19-8/h1-3H,(H,17,18). The monoisotopic (exact) mass is 549 g/mol. The zero-order chi connectivity index (χ0) is 14.2. The summed E-state index contributed by atoms with van der Waals surface area (Å²) in [5.74, 6) is -0.180. The molecule has 0 aliphatic rings. The van der Waals surface area contributed by atoms with Gasteiger partial charge in [-0.15, -0.1) is 11.3 Å². The van der Waals surface area contributed by atoms with E-state index in [0.29, 0.717) is 15.6 Å². The number of halogens is 5. The van der Waals surface area contributed by atoms with E-state index in [1.54, 1.807) is 18.2 Å². The lowest BCUT2D eigenvalue weighted by Gasteiger charge is -2.09. The number of hydrogen-bond acceptors (Lipinski definition) is 2. The molecule has 0 aliphatic heterocycles. The summed E-state index contributed by atoms with van der Waals surface area (Å²) in [5.41, 5.74) is 0.648. The maximum atomic E-state index is 12.2. The van der Waals surface area contributed by atoms with Gasteiger partial charge in [-0.25, -0.2) is 0 Å². The highest BCUT2D eigenvalue weighted by atomic mass is 79.9. The molecule has 2 rings (SSSR count). The Balaban J connectivity index is 2.29. The smallest absolute Gasteiger partial charge is 0.265 e. The molecule has 0 saturated carbocycles. The van der Waals surface area contributed by atoms with Gasteiger partial charge in [-0.2, -0.15) is 0 Å². The van der Waals surface area contributed by atoms with Crippen molar-refractivity contribution in [3.05, 3.63) is 45.3 Å². The predicted octanol–water partition coefficient (Wildman–Crippen LogP) is 6.70. The topological polar surface area (TPSA) is 29.1 Å². The molecule has 0 radical (unpaired) electrons. The lowest BCUT2D eigenvalue weighted by molar-refractivity contribution is 0.103. The van der Waals surface area contributed by atoms with Crippen LogP contribution in [-0.2, 0) is 0 Å². The molecule has 100 valence electrons. The van der Waals surface area contributed by atoms with Crippen molar-refractivity contribution < 1.29 is 4.79 Å². The summed E-state index contributed by atoms with van der Waals surface area (Å²) in [6, 6.07) is 5.21. The van der Waals surface area contributed by atoms with Crippen LogP contribution in [0, 0.1) is 0 Å². The molecule has 2 nitrogen and oxygen atoms in total. The minimum Gasteiger partial charge on any atom is -0.319 e. The highest BCUT2D eigenvalue weighted by Crippen LogP contribution is 2.36. The first-order valence-electron chi connectivity index (χ1n) is 4.79. The first-order valence-corrected chi connectivity index (χ1v) is 9.16. The first kappa shape index (κ1) is 16.0. The summed E-state index contributed by atoms with van der Waals surface area (Å²) in [6.45, 7) is 0. The van der Waals surface area contributed by atoms with E-state index in [1.165, 1.54) is 11.3 Å².